The molecule has 0 aromatic heterocycles. The molecule has 0 bridgehead atoms. The van der Waals surface area contributed by atoms with Gasteiger partial charge in [0.2, 0.25) is 0 Å². The molecule has 31 heavy (non-hydrogen) atoms. The van der Waals surface area contributed by atoms with E-state index < -0.39 is 29.6 Å². The first kappa shape index (κ1) is 29.4. The lowest BCUT2D eigenvalue weighted by Crippen LogP contribution is -2.36. The minimum Gasteiger partial charge on any atom is -0.381 e. The predicted molar refractivity (Wildman–Crippen MR) is 111 cm³/mol. The molecule has 0 radical (unpaired) electrons. The Morgan fingerprint density at radius 3 is 1.77 bits per heavy atom. The van der Waals surface area contributed by atoms with Crippen LogP contribution in [0.1, 0.15) is 40.0 Å². The van der Waals surface area contributed by atoms with Crippen LogP contribution in [0.5, 0.6) is 0 Å². The lowest BCUT2D eigenvalue weighted by atomic mass is 9.85. The molecule has 0 spiro atoms. The molecule has 1 heterocycles. The molecule has 0 aliphatic carbocycles. The summed E-state index contributed by atoms with van der Waals surface area (Å²) in [4.78, 5) is 36.4. The Morgan fingerprint density at radius 1 is 0.871 bits per heavy atom. The molecule has 5 atom stereocenters. The van der Waals surface area contributed by atoms with E-state index in [9.17, 15) is 23.5 Å². The fourth-order valence-electron chi connectivity index (χ4n) is 2.78. The van der Waals surface area contributed by atoms with Crippen molar-refractivity contribution in [1.82, 2.24) is 0 Å². The number of phosphoric ester groups is 3. The Kier molecular flexibility index (Phi) is 11.5. The third-order valence-corrected chi connectivity index (χ3v) is 6.59. The second kappa shape index (κ2) is 12.2. The molecule has 1 aliphatic heterocycles. The van der Waals surface area contributed by atoms with Crippen molar-refractivity contribution in [2.75, 3.05) is 26.4 Å². The molecule has 1 aliphatic rings. The Balaban J connectivity index is 2.28. The smallest absolute Gasteiger partial charge is 0.381 e. The summed E-state index contributed by atoms with van der Waals surface area (Å²) in [6, 6.07) is -0.121. The van der Waals surface area contributed by atoms with Gasteiger partial charge in [-0.15, -0.1) is 0 Å². The van der Waals surface area contributed by atoms with Gasteiger partial charge in [0.05, 0.1) is 38.6 Å². The highest BCUT2D eigenvalue weighted by molar-refractivity contribution is 7.47. The van der Waals surface area contributed by atoms with Crippen molar-refractivity contribution in [3.63, 3.8) is 0 Å². The number of hydrogen-bond donors (Lipinski definition) is 4. The zero-order chi connectivity index (χ0) is 23.9. The van der Waals surface area contributed by atoms with Gasteiger partial charge in [0.1, 0.15) is 7.85 Å². The van der Waals surface area contributed by atoms with Gasteiger partial charge in [0.15, 0.2) is 0 Å². The van der Waals surface area contributed by atoms with E-state index in [4.69, 9.17) is 23.6 Å². The molecular weight excluding hydrogens is 480 g/mol. The van der Waals surface area contributed by atoms with Crippen molar-refractivity contribution < 1.29 is 60.6 Å². The maximum Gasteiger partial charge on any atom is 0.472 e. The maximum atomic E-state index is 12.2. The highest BCUT2D eigenvalue weighted by Gasteiger charge is 2.44. The molecule has 0 saturated carbocycles. The molecule has 1 rings (SSSR count). The van der Waals surface area contributed by atoms with Crippen LogP contribution in [0.3, 0.4) is 0 Å². The molecule has 4 N–H and O–H groups in total. The molecular formula is C14H32BO13P3. The summed E-state index contributed by atoms with van der Waals surface area (Å²) in [5, 5.41) is 0. The van der Waals surface area contributed by atoms with Crippen molar-refractivity contribution in [2.24, 2.45) is 5.41 Å². The summed E-state index contributed by atoms with van der Waals surface area (Å²) in [6.07, 6.45) is -0.583. The SMILES string of the molecule is BC1CC(OP(=O)(O)OCCCOP(=O)(O)OCCCOP(=O)(O)O)C(C(C)(C)C)O1. The van der Waals surface area contributed by atoms with Crippen LogP contribution in [0.25, 0.3) is 0 Å². The van der Waals surface area contributed by atoms with Crippen molar-refractivity contribution in [2.45, 2.75) is 58.2 Å². The normalized spacial score (nSPS) is 26.5. The Hall–Kier alpha value is 0.355. The first-order valence-electron chi connectivity index (χ1n) is 9.64. The third-order valence-electron chi connectivity index (χ3n) is 4.00. The van der Waals surface area contributed by atoms with Crippen LogP contribution in [-0.4, -0.2) is 72.1 Å². The minimum absolute atomic E-state index is 0.00338. The van der Waals surface area contributed by atoms with Crippen molar-refractivity contribution in [3.8, 4) is 0 Å². The van der Waals surface area contributed by atoms with Crippen molar-refractivity contribution in [3.05, 3.63) is 0 Å². The largest absolute Gasteiger partial charge is 0.472 e. The lowest BCUT2D eigenvalue weighted by Gasteiger charge is -2.31. The summed E-state index contributed by atoms with van der Waals surface area (Å²) in [5.41, 5.74) is -0.298. The Morgan fingerprint density at radius 2 is 1.32 bits per heavy atom. The highest BCUT2D eigenvalue weighted by atomic mass is 31.2. The average Bonchev–Trinajstić information content (AvgIpc) is 2.92. The first-order chi connectivity index (χ1) is 14.0. The summed E-state index contributed by atoms with van der Waals surface area (Å²) in [7, 11) is -11.5. The summed E-state index contributed by atoms with van der Waals surface area (Å²) >= 11 is 0. The summed E-state index contributed by atoms with van der Waals surface area (Å²) in [5.74, 6) is 0. The molecule has 5 unspecified atom stereocenters. The van der Waals surface area contributed by atoms with Crippen LogP contribution >= 0.6 is 23.5 Å². The van der Waals surface area contributed by atoms with E-state index in [1.807, 2.05) is 28.6 Å². The number of phosphoric acid groups is 3. The van der Waals surface area contributed by atoms with Crippen LogP contribution < -0.4 is 0 Å². The van der Waals surface area contributed by atoms with Crippen LogP contribution in [0.15, 0.2) is 0 Å². The number of ether oxygens (including phenoxy) is 1. The van der Waals surface area contributed by atoms with Gasteiger partial charge in [-0.05, 0) is 24.7 Å². The molecule has 0 aromatic carbocycles. The summed E-state index contributed by atoms with van der Waals surface area (Å²) < 4.78 is 63.7. The molecule has 1 fully saturated rings. The van der Waals surface area contributed by atoms with E-state index in [-0.39, 0.29) is 56.8 Å². The van der Waals surface area contributed by atoms with Gasteiger partial charge in [-0.25, -0.2) is 13.7 Å². The van der Waals surface area contributed by atoms with E-state index in [2.05, 4.69) is 13.6 Å². The molecule has 17 heteroatoms. The van der Waals surface area contributed by atoms with E-state index in [0.717, 1.165) is 0 Å². The molecule has 1 saturated heterocycles. The Labute approximate surface area is 182 Å². The van der Waals surface area contributed by atoms with Gasteiger partial charge in [0.25, 0.3) is 0 Å². The van der Waals surface area contributed by atoms with E-state index >= 15 is 0 Å². The molecule has 184 valence electrons. The predicted octanol–water partition coefficient (Wildman–Crippen LogP) is 1.31. The average molecular weight is 512 g/mol. The zero-order valence-corrected chi connectivity index (χ0v) is 20.7. The van der Waals surface area contributed by atoms with Gasteiger partial charge in [-0.3, -0.25) is 22.6 Å². The van der Waals surface area contributed by atoms with Crippen LogP contribution in [0.2, 0.25) is 0 Å². The highest BCUT2D eigenvalue weighted by Crippen LogP contribution is 2.49. The van der Waals surface area contributed by atoms with Gasteiger partial charge in [-0.2, -0.15) is 0 Å². The minimum atomic E-state index is -4.60. The van der Waals surface area contributed by atoms with Crippen LogP contribution in [-0.2, 0) is 41.1 Å². The van der Waals surface area contributed by atoms with Crippen molar-refractivity contribution in [1.29, 1.82) is 0 Å². The van der Waals surface area contributed by atoms with Gasteiger partial charge in [-0.1, -0.05) is 20.8 Å². The van der Waals surface area contributed by atoms with Gasteiger partial charge < -0.3 is 24.3 Å². The van der Waals surface area contributed by atoms with Crippen LogP contribution in [0.4, 0.5) is 0 Å². The van der Waals surface area contributed by atoms with E-state index in [1.165, 1.54) is 0 Å². The second-order valence-electron chi connectivity index (χ2n) is 8.08. The Bertz CT molecular complexity index is 693. The van der Waals surface area contributed by atoms with Crippen molar-refractivity contribution >= 4 is 31.3 Å². The monoisotopic (exact) mass is 512 g/mol. The molecule has 13 nitrogen and oxygen atoms in total. The van der Waals surface area contributed by atoms with Crippen LogP contribution in [0, 0.1) is 5.41 Å². The standard InChI is InChI=1S/C14H32BO13P3/c1-14(2,3)13-11(10-12(15)27-13)28-31(21,22)26-9-5-8-25-30(19,20)24-7-4-6-23-29(16,17)18/h11-13H,4-10,15H2,1-3H3,(H,19,20)(H,21,22)(H2,16,17,18). The van der Waals surface area contributed by atoms with E-state index in [0.29, 0.717) is 6.42 Å². The van der Waals surface area contributed by atoms with E-state index in [1.54, 1.807) is 0 Å². The number of hydrogen-bond acceptors (Lipinski definition) is 9. The molecule has 0 aromatic rings. The van der Waals surface area contributed by atoms with Gasteiger partial charge >= 0.3 is 23.5 Å². The fourth-order valence-corrected chi connectivity index (χ4v) is 4.90. The molecule has 0 amide bonds. The number of rotatable bonds is 14. The summed E-state index contributed by atoms with van der Waals surface area (Å²) in [6.45, 7) is 4.53. The van der Waals surface area contributed by atoms with Gasteiger partial charge in [0, 0.05) is 6.00 Å². The quantitative estimate of drug-likeness (QED) is 0.148. The topological polar surface area (TPSA) is 188 Å². The lowest BCUT2D eigenvalue weighted by molar-refractivity contribution is -0.0366. The third kappa shape index (κ3) is 13.0. The first-order valence-corrected chi connectivity index (χ1v) is 14.2. The zero-order valence-electron chi connectivity index (χ0n) is 18.0. The second-order valence-corrected chi connectivity index (χ2v) is 12.2. The fraction of sp³-hybridized carbons (Fsp3) is 1.00. The maximum absolute atomic E-state index is 12.2.